The smallest absolute Gasteiger partial charge is 0.138 e. The lowest BCUT2D eigenvalue weighted by Crippen LogP contribution is -2.19. The van der Waals surface area contributed by atoms with Gasteiger partial charge in [-0.15, -0.1) is 0 Å². The molecule has 5 nitrogen and oxygen atoms in total. The predicted octanol–water partition coefficient (Wildman–Crippen LogP) is 3.31. The van der Waals surface area contributed by atoms with Crippen molar-refractivity contribution in [3.05, 3.63) is 42.2 Å². The summed E-state index contributed by atoms with van der Waals surface area (Å²) in [6, 6.07) is 10.5. The van der Waals surface area contributed by atoms with Crippen molar-refractivity contribution in [3.63, 3.8) is 0 Å². The van der Waals surface area contributed by atoms with Gasteiger partial charge in [-0.1, -0.05) is 12.1 Å². The van der Waals surface area contributed by atoms with Crippen LogP contribution in [-0.2, 0) is 0 Å². The van der Waals surface area contributed by atoms with Crippen LogP contribution >= 0.6 is 0 Å². The molecule has 0 radical (unpaired) electrons. The Morgan fingerprint density at radius 2 is 1.96 bits per heavy atom. The monoisotopic (exact) mass is 313 g/mol. The van der Waals surface area contributed by atoms with Crippen molar-refractivity contribution in [2.75, 3.05) is 43.9 Å². The van der Waals surface area contributed by atoms with Gasteiger partial charge >= 0.3 is 0 Å². The molecule has 0 amide bonds. The summed E-state index contributed by atoms with van der Waals surface area (Å²) < 4.78 is 0. The Morgan fingerprint density at radius 3 is 2.65 bits per heavy atom. The molecule has 0 saturated carbocycles. The van der Waals surface area contributed by atoms with Crippen molar-refractivity contribution in [2.24, 2.45) is 0 Å². The Morgan fingerprint density at radius 1 is 1.13 bits per heavy atom. The second-order valence-corrected chi connectivity index (χ2v) is 5.93. The predicted molar refractivity (Wildman–Crippen MR) is 97.6 cm³/mol. The van der Waals surface area contributed by atoms with Crippen LogP contribution in [0.15, 0.2) is 36.7 Å². The molecule has 2 aromatic rings. The van der Waals surface area contributed by atoms with Crippen LogP contribution in [0, 0.1) is 6.92 Å². The first kappa shape index (κ1) is 17.2. The highest BCUT2D eigenvalue weighted by molar-refractivity contribution is 5.62. The van der Waals surface area contributed by atoms with Crippen LogP contribution in [0.1, 0.15) is 18.9 Å². The van der Waals surface area contributed by atoms with E-state index in [-0.39, 0.29) is 0 Å². The third kappa shape index (κ3) is 5.21. The first-order valence-corrected chi connectivity index (χ1v) is 8.15. The molecule has 0 saturated heterocycles. The summed E-state index contributed by atoms with van der Waals surface area (Å²) in [5.74, 6) is 1.79. The fraction of sp³-hybridized carbons (Fsp3) is 0.444. The first-order chi connectivity index (χ1) is 11.1. The minimum Gasteiger partial charge on any atom is -0.370 e. The van der Waals surface area contributed by atoms with Crippen LogP contribution in [0.2, 0.25) is 0 Å². The molecular formula is C18H27N5. The molecule has 0 aliphatic heterocycles. The van der Waals surface area contributed by atoms with Gasteiger partial charge in [-0.25, -0.2) is 9.97 Å². The van der Waals surface area contributed by atoms with Gasteiger partial charge in [-0.2, -0.15) is 0 Å². The summed E-state index contributed by atoms with van der Waals surface area (Å²) in [7, 11) is 4.17. The standard InChI is InChI=1S/C18H27N5/c1-5-23(16-9-6-8-15(2)12-16)18-13-17(20-14-21-18)19-10-7-11-22(3)4/h6,8-9,12-14H,5,7,10-11H2,1-4H3,(H,19,20,21). The van der Waals surface area contributed by atoms with E-state index in [2.05, 4.69) is 77.3 Å². The van der Waals surface area contributed by atoms with Gasteiger partial charge < -0.3 is 15.1 Å². The van der Waals surface area contributed by atoms with Crippen LogP contribution in [0.25, 0.3) is 0 Å². The number of rotatable bonds is 8. The second-order valence-electron chi connectivity index (χ2n) is 5.93. The number of benzene rings is 1. The molecule has 1 aromatic heterocycles. The van der Waals surface area contributed by atoms with E-state index >= 15 is 0 Å². The number of nitrogens with zero attached hydrogens (tertiary/aromatic N) is 4. The largest absolute Gasteiger partial charge is 0.370 e. The maximum atomic E-state index is 4.44. The van der Waals surface area contributed by atoms with Gasteiger partial charge in [0.25, 0.3) is 0 Å². The fourth-order valence-corrected chi connectivity index (χ4v) is 2.48. The topological polar surface area (TPSA) is 44.3 Å². The lowest BCUT2D eigenvalue weighted by atomic mass is 10.2. The van der Waals surface area contributed by atoms with Crippen molar-refractivity contribution in [2.45, 2.75) is 20.3 Å². The van der Waals surface area contributed by atoms with E-state index in [0.717, 1.165) is 43.4 Å². The van der Waals surface area contributed by atoms with Gasteiger partial charge in [0.05, 0.1) is 0 Å². The zero-order valence-corrected chi connectivity index (χ0v) is 14.6. The second kappa shape index (κ2) is 8.48. The number of aromatic nitrogens is 2. The third-order valence-electron chi connectivity index (χ3n) is 3.65. The summed E-state index contributed by atoms with van der Waals surface area (Å²) in [5, 5.41) is 3.38. The normalized spacial score (nSPS) is 10.8. The van der Waals surface area contributed by atoms with E-state index in [1.165, 1.54) is 5.56 Å². The summed E-state index contributed by atoms with van der Waals surface area (Å²) >= 11 is 0. The van der Waals surface area contributed by atoms with Gasteiger partial charge in [0.1, 0.15) is 18.0 Å². The van der Waals surface area contributed by atoms with Crippen LogP contribution in [0.4, 0.5) is 17.3 Å². The van der Waals surface area contributed by atoms with E-state index in [4.69, 9.17) is 0 Å². The number of aryl methyl sites for hydroxylation is 1. The van der Waals surface area contributed by atoms with E-state index < -0.39 is 0 Å². The molecule has 23 heavy (non-hydrogen) atoms. The molecule has 0 aliphatic carbocycles. The molecule has 0 atom stereocenters. The highest BCUT2D eigenvalue weighted by Crippen LogP contribution is 2.25. The quantitative estimate of drug-likeness (QED) is 0.758. The third-order valence-corrected chi connectivity index (χ3v) is 3.65. The summed E-state index contributed by atoms with van der Waals surface area (Å²) in [6.45, 7) is 7.07. The van der Waals surface area contributed by atoms with Gasteiger partial charge in [0.2, 0.25) is 0 Å². The van der Waals surface area contributed by atoms with Gasteiger partial charge in [0, 0.05) is 24.8 Å². The Hall–Kier alpha value is -2.14. The molecule has 124 valence electrons. The average molecular weight is 313 g/mol. The van der Waals surface area contributed by atoms with Crippen molar-refractivity contribution < 1.29 is 0 Å². The first-order valence-electron chi connectivity index (χ1n) is 8.15. The lowest BCUT2D eigenvalue weighted by Gasteiger charge is -2.22. The maximum absolute atomic E-state index is 4.44. The van der Waals surface area contributed by atoms with Crippen molar-refractivity contribution in [1.82, 2.24) is 14.9 Å². The van der Waals surface area contributed by atoms with Crippen molar-refractivity contribution >= 4 is 17.3 Å². The Balaban J connectivity index is 2.08. The van der Waals surface area contributed by atoms with E-state index in [1.54, 1.807) is 6.33 Å². The number of hydrogen-bond donors (Lipinski definition) is 1. The van der Waals surface area contributed by atoms with Gasteiger partial charge in [0.15, 0.2) is 0 Å². The highest BCUT2D eigenvalue weighted by Gasteiger charge is 2.09. The number of anilines is 3. The van der Waals surface area contributed by atoms with Crippen LogP contribution in [0.5, 0.6) is 0 Å². The molecule has 5 heteroatoms. The van der Waals surface area contributed by atoms with Crippen LogP contribution in [0.3, 0.4) is 0 Å². The molecular weight excluding hydrogens is 286 g/mol. The SMILES string of the molecule is CCN(c1cccc(C)c1)c1cc(NCCCN(C)C)ncn1. The molecule has 2 rings (SSSR count). The number of nitrogens with one attached hydrogen (secondary N) is 1. The maximum Gasteiger partial charge on any atom is 0.138 e. The molecule has 1 aromatic carbocycles. The molecule has 0 aliphatic rings. The van der Waals surface area contributed by atoms with E-state index in [1.807, 2.05) is 6.07 Å². The summed E-state index contributed by atoms with van der Waals surface area (Å²) in [4.78, 5) is 13.1. The van der Waals surface area contributed by atoms with Gasteiger partial charge in [-0.3, -0.25) is 0 Å². The number of hydrogen-bond acceptors (Lipinski definition) is 5. The van der Waals surface area contributed by atoms with E-state index in [0.29, 0.717) is 0 Å². The minimum absolute atomic E-state index is 0.862. The van der Waals surface area contributed by atoms with Crippen molar-refractivity contribution in [3.8, 4) is 0 Å². The Kier molecular flexibility index (Phi) is 6.35. The average Bonchev–Trinajstić information content (AvgIpc) is 2.53. The molecule has 0 bridgehead atoms. The minimum atomic E-state index is 0.862. The molecule has 1 heterocycles. The zero-order chi connectivity index (χ0) is 16.7. The molecule has 0 unspecified atom stereocenters. The summed E-state index contributed by atoms with van der Waals surface area (Å²) in [5.41, 5.74) is 2.40. The lowest BCUT2D eigenvalue weighted by molar-refractivity contribution is 0.405. The highest BCUT2D eigenvalue weighted by atomic mass is 15.2. The molecule has 0 fully saturated rings. The molecule has 1 N–H and O–H groups in total. The van der Waals surface area contributed by atoms with Crippen LogP contribution < -0.4 is 10.2 Å². The van der Waals surface area contributed by atoms with Crippen molar-refractivity contribution in [1.29, 1.82) is 0 Å². The van der Waals surface area contributed by atoms with Gasteiger partial charge in [-0.05, 0) is 58.6 Å². The Labute approximate surface area is 139 Å². The molecule has 0 spiro atoms. The Bertz CT molecular complexity index is 612. The fourth-order valence-electron chi connectivity index (χ4n) is 2.48. The zero-order valence-electron chi connectivity index (χ0n) is 14.6. The van der Waals surface area contributed by atoms with Crippen LogP contribution in [-0.4, -0.2) is 48.6 Å². The summed E-state index contributed by atoms with van der Waals surface area (Å²) in [6.07, 6.45) is 2.71. The van der Waals surface area contributed by atoms with E-state index in [9.17, 15) is 0 Å².